The summed E-state index contributed by atoms with van der Waals surface area (Å²) in [5.74, 6) is 0.836. The predicted octanol–water partition coefficient (Wildman–Crippen LogP) is 1.13. The van der Waals surface area contributed by atoms with E-state index in [-0.39, 0.29) is 0 Å². The first-order valence-corrected chi connectivity index (χ1v) is 4.37. The Morgan fingerprint density at radius 2 is 2.23 bits per heavy atom. The SMILES string of the molecule is Cn1c(C(C)(C)F)cnc1CCN. The molecule has 0 aliphatic heterocycles. The second-order valence-electron chi connectivity index (χ2n) is 3.63. The van der Waals surface area contributed by atoms with Crippen molar-refractivity contribution >= 4 is 0 Å². The molecule has 1 aromatic heterocycles. The van der Waals surface area contributed by atoms with Gasteiger partial charge in [-0.2, -0.15) is 0 Å². The summed E-state index contributed by atoms with van der Waals surface area (Å²) >= 11 is 0. The topological polar surface area (TPSA) is 43.8 Å². The van der Waals surface area contributed by atoms with Gasteiger partial charge in [-0.1, -0.05) is 0 Å². The molecule has 0 aromatic carbocycles. The molecular weight excluding hydrogens is 169 g/mol. The van der Waals surface area contributed by atoms with Crippen molar-refractivity contribution in [3.8, 4) is 0 Å². The second kappa shape index (κ2) is 3.46. The predicted molar refractivity (Wildman–Crippen MR) is 50.1 cm³/mol. The summed E-state index contributed by atoms with van der Waals surface area (Å²) in [4.78, 5) is 4.11. The van der Waals surface area contributed by atoms with Crippen LogP contribution in [0.2, 0.25) is 0 Å². The fourth-order valence-corrected chi connectivity index (χ4v) is 1.36. The normalized spacial score (nSPS) is 12.1. The molecule has 1 heterocycles. The lowest BCUT2D eigenvalue weighted by atomic mass is 10.1. The molecule has 0 radical (unpaired) electrons. The lowest BCUT2D eigenvalue weighted by Crippen LogP contribution is -2.16. The third-order valence-corrected chi connectivity index (χ3v) is 2.06. The summed E-state index contributed by atoms with van der Waals surface area (Å²) in [5, 5.41) is 0. The third kappa shape index (κ3) is 2.06. The number of hydrogen-bond acceptors (Lipinski definition) is 2. The van der Waals surface area contributed by atoms with E-state index in [4.69, 9.17) is 5.73 Å². The minimum Gasteiger partial charge on any atom is -0.332 e. The Kier molecular flexibility index (Phi) is 2.71. The Balaban J connectivity index is 2.99. The molecule has 0 amide bonds. The molecule has 0 saturated heterocycles. The average Bonchev–Trinajstić information content (AvgIpc) is 2.32. The number of imidazole rings is 1. The van der Waals surface area contributed by atoms with Crippen molar-refractivity contribution in [2.24, 2.45) is 12.8 Å². The van der Waals surface area contributed by atoms with Crippen LogP contribution in [0.5, 0.6) is 0 Å². The number of alkyl halides is 1. The highest BCUT2D eigenvalue weighted by Crippen LogP contribution is 2.24. The van der Waals surface area contributed by atoms with E-state index in [1.54, 1.807) is 10.8 Å². The van der Waals surface area contributed by atoms with E-state index in [0.717, 1.165) is 5.82 Å². The first kappa shape index (κ1) is 10.2. The first-order valence-electron chi connectivity index (χ1n) is 4.37. The van der Waals surface area contributed by atoms with Crippen LogP contribution < -0.4 is 5.73 Å². The Hall–Kier alpha value is -0.900. The number of aromatic nitrogens is 2. The second-order valence-corrected chi connectivity index (χ2v) is 3.63. The van der Waals surface area contributed by atoms with Gasteiger partial charge in [0.15, 0.2) is 0 Å². The van der Waals surface area contributed by atoms with Crippen LogP contribution in [0.25, 0.3) is 0 Å². The first-order chi connectivity index (χ1) is 5.96. The van der Waals surface area contributed by atoms with Gasteiger partial charge in [0, 0.05) is 13.5 Å². The van der Waals surface area contributed by atoms with Gasteiger partial charge < -0.3 is 10.3 Å². The van der Waals surface area contributed by atoms with Crippen molar-refractivity contribution in [2.75, 3.05) is 6.54 Å². The zero-order valence-corrected chi connectivity index (χ0v) is 8.34. The van der Waals surface area contributed by atoms with Gasteiger partial charge in [0.05, 0.1) is 11.9 Å². The maximum Gasteiger partial charge on any atom is 0.146 e. The van der Waals surface area contributed by atoms with Crippen molar-refractivity contribution in [1.82, 2.24) is 9.55 Å². The van der Waals surface area contributed by atoms with E-state index in [1.165, 1.54) is 13.8 Å². The monoisotopic (exact) mass is 185 g/mol. The Morgan fingerprint density at radius 3 is 2.62 bits per heavy atom. The molecule has 3 nitrogen and oxygen atoms in total. The van der Waals surface area contributed by atoms with Crippen LogP contribution in [0.15, 0.2) is 6.20 Å². The Labute approximate surface area is 77.8 Å². The van der Waals surface area contributed by atoms with Gasteiger partial charge in [-0.15, -0.1) is 0 Å². The van der Waals surface area contributed by atoms with Crippen LogP contribution in [0, 0.1) is 0 Å². The average molecular weight is 185 g/mol. The molecule has 0 aliphatic carbocycles. The molecule has 0 bridgehead atoms. The molecular formula is C9H16FN3. The lowest BCUT2D eigenvalue weighted by Gasteiger charge is -2.15. The summed E-state index contributed by atoms with van der Waals surface area (Å²) in [6.07, 6.45) is 2.26. The maximum atomic E-state index is 13.5. The van der Waals surface area contributed by atoms with Gasteiger partial charge in [0.1, 0.15) is 11.5 Å². The van der Waals surface area contributed by atoms with E-state index < -0.39 is 5.67 Å². The summed E-state index contributed by atoms with van der Waals surface area (Å²) in [7, 11) is 1.81. The molecule has 0 atom stereocenters. The van der Waals surface area contributed by atoms with E-state index in [0.29, 0.717) is 18.7 Å². The highest BCUT2D eigenvalue weighted by molar-refractivity contribution is 5.12. The molecule has 1 rings (SSSR count). The van der Waals surface area contributed by atoms with E-state index >= 15 is 0 Å². The van der Waals surface area contributed by atoms with Crippen LogP contribution in [0.4, 0.5) is 4.39 Å². The van der Waals surface area contributed by atoms with Gasteiger partial charge >= 0.3 is 0 Å². The summed E-state index contributed by atoms with van der Waals surface area (Å²) in [6.45, 7) is 3.59. The van der Waals surface area contributed by atoms with E-state index in [9.17, 15) is 4.39 Å². The molecule has 2 N–H and O–H groups in total. The lowest BCUT2D eigenvalue weighted by molar-refractivity contribution is 0.208. The molecule has 4 heteroatoms. The minimum atomic E-state index is -1.34. The molecule has 74 valence electrons. The molecule has 0 fully saturated rings. The largest absolute Gasteiger partial charge is 0.332 e. The van der Waals surface area contributed by atoms with Gasteiger partial charge in [-0.3, -0.25) is 0 Å². The number of nitrogens with zero attached hydrogens (tertiary/aromatic N) is 2. The fourth-order valence-electron chi connectivity index (χ4n) is 1.36. The van der Waals surface area contributed by atoms with Crippen LogP contribution in [-0.2, 0) is 19.1 Å². The zero-order valence-electron chi connectivity index (χ0n) is 8.34. The van der Waals surface area contributed by atoms with Crippen molar-refractivity contribution in [1.29, 1.82) is 0 Å². The van der Waals surface area contributed by atoms with Gasteiger partial charge in [0.2, 0.25) is 0 Å². The van der Waals surface area contributed by atoms with Crippen molar-refractivity contribution in [3.05, 3.63) is 17.7 Å². The van der Waals surface area contributed by atoms with Crippen molar-refractivity contribution in [3.63, 3.8) is 0 Å². The Morgan fingerprint density at radius 1 is 1.62 bits per heavy atom. The zero-order chi connectivity index (χ0) is 10.1. The molecule has 0 spiro atoms. The third-order valence-electron chi connectivity index (χ3n) is 2.06. The molecule has 1 aromatic rings. The smallest absolute Gasteiger partial charge is 0.146 e. The standard InChI is InChI=1S/C9H16FN3/c1-9(2,10)7-6-12-8(4-5-11)13(7)3/h6H,4-5,11H2,1-3H3. The van der Waals surface area contributed by atoms with Gasteiger partial charge in [0.25, 0.3) is 0 Å². The number of halogens is 1. The van der Waals surface area contributed by atoms with Crippen LogP contribution in [0.3, 0.4) is 0 Å². The number of rotatable bonds is 3. The van der Waals surface area contributed by atoms with Crippen LogP contribution in [0.1, 0.15) is 25.4 Å². The van der Waals surface area contributed by atoms with Gasteiger partial charge in [-0.25, -0.2) is 9.37 Å². The highest BCUT2D eigenvalue weighted by atomic mass is 19.1. The number of hydrogen-bond donors (Lipinski definition) is 1. The molecule has 0 unspecified atom stereocenters. The summed E-state index contributed by atoms with van der Waals surface area (Å²) < 4.78 is 15.3. The maximum absolute atomic E-state index is 13.5. The van der Waals surface area contributed by atoms with Gasteiger partial charge in [-0.05, 0) is 20.4 Å². The van der Waals surface area contributed by atoms with Crippen molar-refractivity contribution in [2.45, 2.75) is 25.9 Å². The molecule has 0 aliphatic rings. The summed E-state index contributed by atoms with van der Waals surface area (Å²) in [5.41, 5.74) is 4.66. The number of nitrogens with two attached hydrogens (primary N) is 1. The van der Waals surface area contributed by atoms with Crippen LogP contribution in [-0.4, -0.2) is 16.1 Å². The summed E-state index contributed by atoms with van der Waals surface area (Å²) in [6, 6.07) is 0. The fraction of sp³-hybridized carbons (Fsp3) is 0.667. The quantitative estimate of drug-likeness (QED) is 0.767. The molecule has 0 saturated carbocycles. The van der Waals surface area contributed by atoms with Crippen molar-refractivity contribution < 1.29 is 4.39 Å². The van der Waals surface area contributed by atoms with E-state index in [1.807, 2.05) is 7.05 Å². The van der Waals surface area contributed by atoms with E-state index in [2.05, 4.69) is 4.98 Å². The minimum absolute atomic E-state index is 0.539. The highest BCUT2D eigenvalue weighted by Gasteiger charge is 2.23. The van der Waals surface area contributed by atoms with Crippen LogP contribution >= 0.6 is 0 Å². The Bertz CT molecular complexity index is 286. The molecule has 13 heavy (non-hydrogen) atoms.